The fourth-order valence-corrected chi connectivity index (χ4v) is 1.89. The first kappa shape index (κ1) is 13.3. The lowest BCUT2D eigenvalue weighted by Gasteiger charge is -2.27. The van der Waals surface area contributed by atoms with Gasteiger partial charge in [-0.2, -0.15) is 0 Å². The topological polar surface area (TPSA) is 45.4 Å². The van der Waals surface area contributed by atoms with Crippen molar-refractivity contribution in [2.45, 2.75) is 46.2 Å². The molecule has 0 aliphatic carbocycles. The van der Waals surface area contributed by atoms with Gasteiger partial charge in [-0.1, -0.05) is 20.8 Å². The Bertz CT molecular complexity index is 287. The predicted octanol–water partition coefficient (Wildman–Crippen LogP) is 2.73. The number of aliphatic hydroxyl groups is 1. The smallest absolute Gasteiger partial charge is 0.120 e. The molecular weight excluding hydrogens is 202 g/mol. The number of aliphatic hydroxyl groups excluding tert-OH is 1. The second-order valence-corrected chi connectivity index (χ2v) is 5.55. The van der Waals surface area contributed by atoms with Gasteiger partial charge >= 0.3 is 0 Å². The quantitative estimate of drug-likeness (QED) is 0.810. The van der Waals surface area contributed by atoms with Crippen molar-refractivity contribution in [2.24, 2.45) is 5.41 Å². The SMILES string of the molecule is C[C@@H](N[C@@H](CO)CC(C)(C)C)c1ccco1. The highest BCUT2D eigenvalue weighted by molar-refractivity contribution is 5.03. The summed E-state index contributed by atoms with van der Waals surface area (Å²) in [7, 11) is 0. The van der Waals surface area contributed by atoms with Crippen LogP contribution in [0.3, 0.4) is 0 Å². The van der Waals surface area contributed by atoms with Crippen molar-refractivity contribution in [2.75, 3.05) is 6.61 Å². The molecule has 1 aromatic rings. The third-order valence-electron chi connectivity index (χ3n) is 2.53. The van der Waals surface area contributed by atoms with Gasteiger partial charge in [0.1, 0.15) is 5.76 Å². The van der Waals surface area contributed by atoms with Crippen LogP contribution in [0.1, 0.15) is 45.9 Å². The Balaban J connectivity index is 2.50. The van der Waals surface area contributed by atoms with Crippen molar-refractivity contribution in [1.82, 2.24) is 5.32 Å². The molecule has 0 spiro atoms. The van der Waals surface area contributed by atoms with Crippen molar-refractivity contribution in [1.29, 1.82) is 0 Å². The molecule has 0 radical (unpaired) electrons. The van der Waals surface area contributed by atoms with E-state index in [0.29, 0.717) is 0 Å². The van der Waals surface area contributed by atoms with Crippen molar-refractivity contribution in [3.8, 4) is 0 Å². The van der Waals surface area contributed by atoms with Gasteiger partial charge in [0.25, 0.3) is 0 Å². The summed E-state index contributed by atoms with van der Waals surface area (Å²) in [5.74, 6) is 0.910. The van der Waals surface area contributed by atoms with Crippen LogP contribution >= 0.6 is 0 Å². The molecule has 0 saturated heterocycles. The first-order valence-electron chi connectivity index (χ1n) is 5.82. The average molecular weight is 225 g/mol. The van der Waals surface area contributed by atoms with Crippen LogP contribution < -0.4 is 5.32 Å². The van der Waals surface area contributed by atoms with Crippen molar-refractivity contribution in [3.05, 3.63) is 24.2 Å². The van der Waals surface area contributed by atoms with Crippen LogP contribution in [0.2, 0.25) is 0 Å². The molecule has 0 aliphatic heterocycles. The summed E-state index contributed by atoms with van der Waals surface area (Å²) < 4.78 is 5.33. The Morgan fingerprint density at radius 1 is 1.44 bits per heavy atom. The van der Waals surface area contributed by atoms with E-state index in [0.717, 1.165) is 12.2 Å². The zero-order valence-corrected chi connectivity index (χ0v) is 10.7. The highest BCUT2D eigenvalue weighted by atomic mass is 16.3. The first-order chi connectivity index (χ1) is 7.42. The molecule has 0 aliphatic rings. The molecule has 0 bridgehead atoms. The van der Waals surface area contributed by atoms with E-state index in [2.05, 4.69) is 26.1 Å². The molecule has 3 heteroatoms. The fraction of sp³-hybridized carbons (Fsp3) is 0.692. The summed E-state index contributed by atoms with van der Waals surface area (Å²) in [5, 5.41) is 12.7. The van der Waals surface area contributed by atoms with Crippen LogP contribution in [-0.4, -0.2) is 17.8 Å². The van der Waals surface area contributed by atoms with Crippen molar-refractivity contribution in [3.63, 3.8) is 0 Å². The maximum absolute atomic E-state index is 9.34. The number of furan rings is 1. The van der Waals surface area contributed by atoms with Crippen molar-refractivity contribution < 1.29 is 9.52 Å². The molecule has 0 saturated carbocycles. The summed E-state index contributed by atoms with van der Waals surface area (Å²) in [6.45, 7) is 8.73. The van der Waals surface area contributed by atoms with Crippen LogP contribution in [0.25, 0.3) is 0 Å². The normalized spacial score (nSPS) is 16.1. The lowest BCUT2D eigenvalue weighted by molar-refractivity contribution is 0.186. The second-order valence-electron chi connectivity index (χ2n) is 5.55. The van der Waals surface area contributed by atoms with E-state index in [4.69, 9.17) is 4.42 Å². The summed E-state index contributed by atoms with van der Waals surface area (Å²) in [5.41, 5.74) is 0.212. The van der Waals surface area contributed by atoms with Gasteiger partial charge in [0.05, 0.1) is 18.9 Å². The maximum atomic E-state index is 9.34. The average Bonchev–Trinajstić information content (AvgIpc) is 2.67. The van der Waals surface area contributed by atoms with Gasteiger partial charge in [-0.25, -0.2) is 0 Å². The van der Waals surface area contributed by atoms with Gasteiger partial charge in [-0.05, 0) is 30.9 Å². The Morgan fingerprint density at radius 3 is 2.56 bits per heavy atom. The zero-order chi connectivity index (χ0) is 12.2. The minimum Gasteiger partial charge on any atom is -0.468 e. The van der Waals surface area contributed by atoms with Gasteiger partial charge in [0.2, 0.25) is 0 Å². The lowest BCUT2D eigenvalue weighted by atomic mass is 9.88. The summed E-state index contributed by atoms with van der Waals surface area (Å²) in [6.07, 6.45) is 2.61. The van der Waals surface area contributed by atoms with Crippen LogP contribution in [-0.2, 0) is 0 Å². The highest BCUT2D eigenvalue weighted by Crippen LogP contribution is 2.22. The van der Waals surface area contributed by atoms with Gasteiger partial charge in [-0.3, -0.25) is 0 Å². The monoisotopic (exact) mass is 225 g/mol. The third kappa shape index (κ3) is 4.37. The Hall–Kier alpha value is -0.800. The van der Waals surface area contributed by atoms with E-state index in [1.807, 2.05) is 19.1 Å². The number of hydrogen-bond donors (Lipinski definition) is 2. The summed E-state index contributed by atoms with van der Waals surface area (Å²) in [4.78, 5) is 0. The van der Waals surface area contributed by atoms with Crippen LogP contribution in [0, 0.1) is 5.41 Å². The van der Waals surface area contributed by atoms with E-state index in [1.165, 1.54) is 0 Å². The van der Waals surface area contributed by atoms with Crippen LogP contribution in [0.5, 0.6) is 0 Å². The largest absolute Gasteiger partial charge is 0.468 e. The van der Waals surface area contributed by atoms with Gasteiger partial charge in [-0.15, -0.1) is 0 Å². The standard InChI is InChI=1S/C13H23NO2/c1-10(12-6-5-7-16-12)14-11(9-15)8-13(2,3)4/h5-7,10-11,14-15H,8-9H2,1-4H3/t10-,11-/m1/s1. The minimum absolute atomic E-state index is 0.111. The summed E-state index contributed by atoms with van der Waals surface area (Å²) >= 11 is 0. The van der Waals surface area contributed by atoms with E-state index in [1.54, 1.807) is 6.26 Å². The molecule has 0 fully saturated rings. The number of hydrogen-bond acceptors (Lipinski definition) is 3. The molecule has 0 aromatic carbocycles. The van der Waals surface area contributed by atoms with Gasteiger partial charge < -0.3 is 14.8 Å². The molecule has 1 heterocycles. The molecule has 0 unspecified atom stereocenters. The fourth-order valence-electron chi connectivity index (χ4n) is 1.89. The molecular formula is C13H23NO2. The number of rotatable bonds is 5. The first-order valence-corrected chi connectivity index (χ1v) is 5.82. The Morgan fingerprint density at radius 2 is 2.12 bits per heavy atom. The summed E-state index contributed by atoms with van der Waals surface area (Å²) in [6, 6.07) is 4.07. The second kappa shape index (κ2) is 5.51. The predicted molar refractivity (Wildman–Crippen MR) is 65.2 cm³/mol. The van der Waals surface area contributed by atoms with E-state index in [-0.39, 0.29) is 24.1 Å². The molecule has 2 N–H and O–H groups in total. The van der Waals surface area contributed by atoms with Crippen LogP contribution in [0.4, 0.5) is 0 Å². The molecule has 2 atom stereocenters. The molecule has 1 aromatic heterocycles. The Kier molecular flexibility index (Phi) is 4.56. The van der Waals surface area contributed by atoms with E-state index < -0.39 is 0 Å². The van der Waals surface area contributed by atoms with Gasteiger partial charge in [0, 0.05) is 6.04 Å². The maximum Gasteiger partial charge on any atom is 0.120 e. The van der Waals surface area contributed by atoms with E-state index >= 15 is 0 Å². The molecule has 16 heavy (non-hydrogen) atoms. The van der Waals surface area contributed by atoms with Crippen molar-refractivity contribution >= 4 is 0 Å². The molecule has 3 nitrogen and oxygen atoms in total. The highest BCUT2D eigenvalue weighted by Gasteiger charge is 2.20. The zero-order valence-electron chi connectivity index (χ0n) is 10.7. The minimum atomic E-state index is 0.111. The number of nitrogens with one attached hydrogen (secondary N) is 1. The third-order valence-corrected chi connectivity index (χ3v) is 2.53. The lowest BCUT2D eigenvalue weighted by Crippen LogP contribution is -2.37. The van der Waals surface area contributed by atoms with Gasteiger partial charge in [0.15, 0.2) is 0 Å². The van der Waals surface area contributed by atoms with Crippen LogP contribution in [0.15, 0.2) is 22.8 Å². The Labute approximate surface area is 97.9 Å². The molecule has 0 amide bonds. The van der Waals surface area contributed by atoms with E-state index in [9.17, 15) is 5.11 Å². The molecule has 1 rings (SSSR count). The molecule has 92 valence electrons.